The maximum atomic E-state index is 6.45. The zero-order valence-electron chi connectivity index (χ0n) is 14.3. The minimum absolute atomic E-state index is 0.286. The van der Waals surface area contributed by atoms with Gasteiger partial charge in [-0.2, -0.15) is 0 Å². The summed E-state index contributed by atoms with van der Waals surface area (Å²) in [4.78, 5) is 0. The fourth-order valence-corrected chi connectivity index (χ4v) is 3.63. The smallest absolute Gasteiger partial charge is 0.122 e. The Morgan fingerprint density at radius 2 is 1.95 bits per heavy atom. The second-order valence-corrected chi connectivity index (χ2v) is 6.97. The first-order chi connectivity index (χ1) is 10.0. The highest BCUT2D eigenvalue weighted by molar-refractivity contribution is 5.36. The molecule has 0 aliphatic heterocycles. The zero-order valence-corrected chi connectivity index (χ0v) is 14.3. The van der Waals surface area contributed by atoms with Crippen molar-refractivity contribution in [2.24, 2.45) is 11.8 Å². The molecule has 2 nitrogen and oxygen atoms in total. The summed E-state index contributed by atoms with van der Waals surface area (Å²) in [6.07, 6.45) is 3.95. The zero-order chi connectivity index (χ0) is 15.4. The van der Waals surface area contributed by atoms with Crippen LogP contribution >= 0.6 is 0 Å². The SMILES string of the molecule is CCCNC1CC(C)CC(C)C1Oc1ccc(C)cc1C. The molecule has 1 saturated carbocycles. The van der Waals surface area contributed by atoms with Crippen LogP contribution in [0.25, 0.3) is 0 Å². The van der Waals surface area contributed by atoms with Gasteiger partial charge in [-0.15, -0.1) is 0 Å². The molecule has 1 N–H and O–H groups in total. The summed E-state index contributed by atoms with van der Waals surface area (Å²) in [5.74, 6) is 2.44. The number of aryl methyl sites for hydroxylation is 2. The summed E-state index contributed by atoms with van der Waals surface area (Å²) in [6.45, 7) is 12.3. The van der Waals surface area contributed by atoms with Crippen molar-refractivity contribution in [1.29, 1.82) is 0 Å². The van der Waals surface area contributed by atoms with Gasteiger partial charge in [0, 0.05) is 6.04 Å². The van der Waals surface area contributed by atoms with E-state index in [1.807, 2.05) is 0 Å². The first-order valence-electron chi connectivity index (χ1n) is 8.48. The van der Waals surface area contributed by atoms with E-state index in [1.165, 1.54) is 30.4 Å². The highest BCUT2D eigenvalue weighted by Gasteiger charge is 2.35. The third-order valence-electron chi connectivity index (χ3n) is 4.64. The summed E-state index contributed by atoms with van der Waals surface area (Å²) in [6, 6.07) is 6.96. The molecule has 4 atom stereocenters. The van der Waals surface area contributed by atoms with Crippen molar-refractivity contribution in [3.8, 4) is 5.75 Å². The maximum absolute atomic E-state index is 6.45. The molecule has 1 aromatic rings. The Balaban J connectivity index is 2.13. The van der Waals surface area contributed by atoms with Crippen LogP contribution in [0.4, 0.5) is 0 Å². The lowest BCUT2D eigenvalue weighted by Crippen LogP contribution is -2.51. The number of hydrogen-bond donors (Lipinski definition) is 1. The summed E-state index contributed by atoms with van der Waals surface area (Å²) < 4.78 is 6.45. The van der Waals surface area contributed by atoms with Crippen LogP contribution < -0.4 is 10.1 Å². The third kappa shape index (κ3) is 4.23. The number of benzene rings is 1. The predicted octanol–water partition coefficient (Wildman–Crippen LogP) is 4.49. The summed E-state index contributed by atoms with van der Waals surface area (Å²) in [5.41, 5.74) is 2.54. The molecule has 0 radical (unpaired) electrons. The minimum Gasteiger partial charge on any atom is -0.488 e. The first-order valence-corrected chi connectivity index (χ1v) is 8.48. The van der Waals surface area contributed by atoms with E-state index in [0.29, 0.717) is 12.0 Å². The van der Waals surface area contributed by atoms with Crippen LogP contribution in [-0.2, 0) is 0 Å². The lowest BCUT2D eigenvalue weighted by molar-refractivity contribution is 0.0472. The van der Waals surface area contributed by atoms with E-state index in [9.17, 15) is 0 Å². The highest BCUT2D eigenvalue weighted by atomic mass is 16.5. The average Bonchev–Trinajstić information content (AvgIpc) is 2.42. The van der Waals surface area contributed by atoms with Crippen molar-refractivity contribution >= 4 is 0 Å². The molecule has 1 aliphatic carbocycles. The number of hydrogen-bond acceptors (Lipinski definition) is 2. The van der Waals surface area contributed by atoms with E-state index >= 15 is 0 Å². The second-order valence-electron chi connectivity index (χ2n) is 6.97. The topological polar surface area (TPSA) is 21.3 Å². The van der Waals surface area contributed by atoms with E-state index in [2.05, 4.69) is 58.1 Å². The molecular formula is C19H31NO. The molecular weight excluding hydrogens is 258 g/mol. The van der Waals surface area contributed by atoms with Crippen molar-refractivity contribution in [2.75, 3.05) is 6.54 Å². The minimum atomic E-state index is 0.286. The van der Waals surface area contributed by atoms with Gasteiger partial charge in [-0.1, -0.05) is 38.5 Å². The van der Waals surface area contributed by atoms with Crippen LogP contribution in [0.1, 0.15) is 51.2 Å². The van der Waals surface area contributed by atoms with E-state index in [4.69, 9.17) is 4.74 Å². The van der Waals surface area contributed by atoms with Crippen LogP contribution in [0.2, 0.25) is 0 Å². The van der Waals surface area contributed by atoms with Crippen LogP contribution in [0.5, 0.6) is 5.75 Å². The van der Waals surface area contributed by atoms with Crippen LogP contribution in [0.3, 0.4) is 0 Å². The van der Waals surface area contributed by atoms with Gasteiger partial charge in [-0.3, -0.25) is 0 Å². The lowest BCUT2D eigenvalue weighted by atomic mass is 9.78. The van der Waals surface area contributed by atoms with Crippen LogP contribution in [0, 0.1) is 25.7 Å². The van der Waals surface area contributed by atoms with Gasteiger partial charge in [0.05, 0.1) is 0 Å². The highest BCUT2D eigenvalue weighted by Crippen LogP contribution is 2.33. The van der Waals surface area contributed by atoms with Crippen molar-refractivity contribution in [3.05, 3.63) is 29.3 Å². The van der Waals surface area contributed by atoms with Crippen molar-refractivity contribution in [3.63, 3.8) is 0 Å². The fourth-order valence-electron chi connectivity index (χ4n) is 3.63. The molecule has 2 heteroatoms. The molecule has 0 aromatic heterocycles. The van der Waals surface area contributed by atoms with E-state index in [0.717, 1.165) is 18.2 Å². The predicted molar refractivity (Wildman–Crippen MR) is 90.0 cm³/mol. The van der Waals surface area contributed by atoms with E-state index in [1.54, 1.807) is 0 Å². The van der Waals surface area contributed by atoms with Crippen molar-refractivity contribution in [2.45, 2.75) is 66.0 Å². The molecule has 21 heavy (non-hydrogen) atoms. The fraction of sp³-hybridized carbons (Fsp3) is 0.684. The molecule has 1 fully saturated rings. The van der Waals surface area contributed by atoms with Gasteiger partial charge in [0.25, 0.3) is 0 Å². The van der Waals surface area contributed by atoms with Gasteiger partial charge in [0.15, 0.2) is 0 Å². The summed E-state index contributed by atoms with van der Waals surface area (Å²) in [7, 11) is 0. The van der Waals surface area contributed by atoms with E-state index < -0.39 is 0 Å². The van der Waals surface area contributed by atoms with Gasteiger partial charge < -0.3 is 10.1 Å². The molecule has 1 aliphatic rings. The average molecular weight is 289 g/mol. The van der Waals surface area contributed by atoms with E-state index in [-0.39, 0.29) is 6.10 Å². The molecule has 0 spiro atoms. The van der Waals surface area contributed by atoms with Crippen molar-refractivity contribution < 1.29 is 4.74 Å². The van der Waals surface area contributed by atoms with Gasteiger partial charge >= 0.3 is 0 Å². The summed E-state index contributed by atoms with van der Waals surface area (Å²) in [5, 5.41) is 3.71. The quantitative estimate of drug-likeness (QED) is 0.862. The largest absolute Gasteiger partial charge is 0.488 e. The Morgan fingerprint density at radius 3 is 2.62 bits per heavy atom. The normalized spacial score (nSPS) is 29.4. The van der Waals surface area contributed by atoms with Crippen LogP contribution in [-0.4, -0.2) is 18.7 Å². The molecule has 1 aromatic carbocycles. The Kier molecular flexibility index (Phi) is 5.69. The molecule has 0 saturated heterocycles. The van der Waals surface area contributed by atoms with Crippen LogP contribution in [0.15, 0.2) is 18.2 Å². The standard InChI is InChI=1S/C19H31NO/c1-6-9-20-17-12-14(3)11-16(5)19(17)21-18-8-7-13(2)10-15(18)4/h7-8,10,14,16-17,19-20H,6,9,11-12H2,1-5H3. The molecule has 0 amide bonds. The lowest BCUT2D eigenvalue weighted by Gasteiger charge is -2.40. The molecule has 0 bridgehead atoms. The Morgan fingerprint density at radius 1 is 1.19 bits per heavy atom. The van der Waals surface area contributed by atoms with Gasteiger partial charge in [0.1, 0.15) is 11.9 Å². The maximum Gasteiger partial charge on any atom is 0.122 e. The van der Waals surface area contributed by atoms with Gasteiger partial charge in [-0.05, 0) is 63.1 Å². The summed E-state index contributed by atoms with van der Waals surface area (Å²) >= 11 is 0. The molecule has 2 rings (SSSR count). The van der Waals surface area contributed by atoms with Gasteiger partial charge in [-0.25, -0.2) is 0 Å². The first kappa shape index (κ1) is 16.4. The molecule has 118 valence electrons. The van der Waals surface area contributed by atoms with Crippen molar-refractivity contribution in [1.82, 2.24) is 5.32 Å². The monoisotopic (exact) mass is 289 g/mol. The Bertz CT molecular complexity index is 457. The number of ether oxygens (including phenoxy) is 1. The number of rotatable bonds is 5. The third-order valence-corrected chi connectivity index (χ3v) is 4.64. The Labute approximate surface area is 130 Å². The van der Waals surface area contributed by atoms with Gasteiger partial charge in [0.2, 0.25) is 0 Å². The molecule has 4 unspecified atom stereocenters. The number of nitrogens with one attached hydrogen (secondary N) is 1. The Hall–Kier alpha value is -1.02. The second kappa shape index (κ2) is 7.31. The molecule has 0 heterocycles.